The van der Waals surface area contributed by atoms with Crippen molar-refractivity contribution in [1.29, 1.82) is 0 Å². The van der Waals surface area contributed by atoms with E-state index in [1.54, 1.807) is 27.7 Å². The molecule has 0 fully saturated rings. The third kappa shape index (κ3) is 7.27. The smallest absolute Gasteiger partial charge is 0.427 e. The van der Waals surface area contributed by atoms with Crippen LogP contribution in [-0.2, 0) is 9.57 Å². The van der Waals surface area contributed by atoms with Crippen LogP contribution in [0.15, 0.2) is 5.16 Å². The van der Waals surface area contributed by atoms with Gasteiger partial charge < -0.3 is 10.5 Å². The van der Waals surface area contributed by atoms with Crippen LogP contribution in [0.1, 0.15) is 27.7 Å². The predicted molar refractivity (Wildman–Crippen MR) is 49.5 cm³/mol. The maximum absolute atomic E-state index is 10.9. The van der Waals surface area contributed by atoms with E-state index >= 15 is 0 Å². The van der Waals surface area contributed by atoms with Gasteiger partial charge in [-0.15, -0.1) is 0 Å². The van der Waals surface area contributed by atoms with Crippen LogP contribution in [-0.4, -0.2) is 24.0 Å². The highest BCUT2D eigenvalue weighted by molar-refractivity contribution is 5.83. The first kappa shape index (κ1) is 11.9. The third-order valence-corrected chi connectivity index (χ3v) is 0.961. The van der Waals surface area contributed by atoms with Crippen molar-refractivity contribution in [2.45, 2.75) is 33.3 Å². The van der Waals surface area contributed by atoms with E-state index < -0.39 is 11.8 Å². The molecule has 0 radical (unpaired) electrons. The normalized spacial score (nSPS) is 12.5. The van der Waals surface area contributed by atoms with Gasteiger partial charge in [-0.1, -0.05) is 5.16 Å². The van der Waals surface area contributed by atoms with Gasteiger partial charge in [0.2, 0.25) is 0 Å². The molecule has 5 nitrogen and oxygen atoms in total. The Morgan fingerprint density at radius 1 is 1.46 bits per heavy atom. The average Bonchev–Trinajstić information content (AvgIpc) is 1.97. The third-order valence-electron chi connectivity index (χ3n) is 0.961. The molecule has 0 saturated carbocycles. The molecule has 5 heteroatoms. The summed E-state index contributed by atoms with van der Waals surface area (Å²) in [4.78, 5) is 15.3. The van der Waals surface area contributed by atoms with Gasteiger partial charge in [0.05, 0.1) is 5.71 Å². The highest BCUT2D eigenvalue weighted by Crippen LogP contribution is 2.07. The zero-order valence-electron chi connectivity index (χ0n) is 8.46. The van der Waals surface area contributed by atoms with Gasteiger partial charge in [0.15, 0.2) is 0 Å². The van der Waals surface area contributed by atoms with Crippen LogP contribution in [0.2, 0.25) is 0 Å². The molecule has 2 N–H and O–H groups in total. The Balaban J connectivity index is 3.90. The van der Waals surface area contributed by atoms with E-state index in [-0.39, 0.29) is 6.54 Å². The van der Waals surface area contributed by atoms with Gasteiger partial charge in [-0.2, -0.15) is 0 Å². The van der Waals surface area contributed by atoms with E-state index in [0.717, 1.165) is 0 Å². The van der Waals surface area contributed by atoms with E-state index in [1.165, 1.54) is 0 Å². The van der Waals surface area contributed by atoms with Crippen LogP contribution in [0.4, 0.5) is 4.79 Å². The zero-order chi connectivity index (χ0) is 10.5. The van der Waals surface area contributed by atoms with Crippen LogP contribution in [0.5, 0.6) is 0 Å². The van der Waals surface area contributed by atoms with Crippen molar-refractivity contribution in [1.82, 2.24) is 0 Å². The first-order valence-corrected chi connectivity index (χ1v) is 3.98. The monoisotopic (exact) mass is 188 g/mol. The number of carbonyl (C=O) groups is 1. The van der Waals surface area contributed by atoms with E-state index in [9.17, 15) is 4.79 Å². The summed E-state index contributed by atoms with van der Waals surface area (Å²) in [6.07, 6.45) is -0.819. The number of rotatable bonds is 2. The lowest BCUT2D eigenvalue weighted by atomic mass is 10.2. The lowest BCUT2D eigenvalue weighted by Crippen LogP contribution is -2.24. The first-order valence-electron chi connectivity index (χ1n) is 3.98. The summed E-state index contributed by atoms with van der Waals surface area (Å²) in [6, 6.07) is 0. The van der Waals surface area contributed by atoms with Gasteiger partial charge >= 0.3 is 6.16 Å². The summed E-state index contributed by atoms with van der Waals surface area (Å²) in [6.45, 7) is 7.14. The van der Waals surface area contributed by atoms with Gasteiger partial charge in [-0.25, -0.2) is 4.79 Å². The summed E-state index contributed by atoms with van der Waals surface area (Å²) >= 11 is 0. The van der Waals surface area contributed by atoms with Crippen molar-refractivity contribution < 1.29 is 14.4 Å². The number of nitrogens with zero attached hydrogens (tertiary/aromatic N) is 1. The van der Waals surface area contributed by atoms with Gasteiger partial charge in [0.1, 0.15) is 5.60 Å². The number of oxime groups is 1. The van der Waals surface area contributed by atoms with Crippen molar-refractivity contribution in [3.8, 4) is 0 Å². The SMILES string of the molecule is CC(CN)=NOC(=O)OC(C)(C)C. The van der Waals surface area contributed by atoms with Gasteiger partial charge in [0, 0.05) is 6.54 Å². The van der Waals surface area contributed by atoms with Gasteiger partial charge in [-0.05, 0) is 27.7 Å². The number of hydrogen-bond donors (Lipinski definition) is 1. The quantitative estimate of drug-likeness (QED) is 0.306. The molecule has 0 aromatic heterocycles. The topological polar surface area (TPSA) is 73.9 Å². The fraction of sp³-hybridized carbons (Fsp3) is 0.750. The minimum absolute atomic E-state index is 0.253. The Morgan fingerprint density at radius 2 is 2.00 bits per heavy atom. The van der Waals surface area contributed by atoms with Crippen LogP contribution >= 0.6 is 0 Å². The fourth-order valence-corrected chi connectivity index (χ4v) is 0.421. The van der Waals surface area contributed by atoms with Gasteiger partial charge in [-0.3, -0.25) is 4.84 Å². The highest BCUT2D eigenvalue weighted by Gasteiger charge is 2.17. The van der Waals surface area contributed by atoms with Crippen molar-refractivity contribution in [3.63, 3.8) is 0 Å². The molecule has 0 amide bonds. The Morgan fingerprint density at radius 3 is 2.38 bits per heavy atom. The highest BCUT2D eigenvalue weighted by atomic mass is 16.8. The van der Waals surface area contributed by atoms with Crippen LogP contribution < -0.4 is 5.73 Å². The van der Waals surface area contributed by atoms with E-state index in [0.29, 0.717) is 5.71 Å². The van der Waals surface area contributed by atoms with E-state index in [4.69, 9.17) is 10.5 Å². The molecule has 0 aliphatic carbocycles. The Kier molecular flexibility index (Phi) is 4.40. The lowest BCUT2D eigenvalue weighted by Gasteiger charge is -2.17. The Hall–Kier alpha value is -1.10. The predicted octanol–water partition coefficient (Wildman–Crippen LogP) is 1.27. The second kappa shape index (κ2) is 4.81. The first-order chi connectivity index (χ1) is 5.85. The summed E-state index contributed by atoms with van der Waals surface area (Å²) in [5.41, 5.74) is 5.19. The van der Waals surface area contributed by atoms with E-state index in [1.807, 2.05) is 0 Å². The molecule has 0 rings (SSSR count). The largest absolute Gasteiger partial charge is 0.535 e. The molecular weight excluding hydrogens is 172 g/mol. The number of carbonyl (C=O) groups excluding carboxylic acids is 1. The maximum Gasteiger partial charge on any atom is 0.535 e. The van der Waals surface area contributed by atoms with Crippen molar-refractivity contribution in [2.75, 3.05) is 6.54 Å². The second-order valence-corrected chi connectivity index (χ2v) is 3.59. The lowest BCUT2D eigenvalue weighted by molar-refractivity contribution is -0.00628. The second-order valence-electron chi connectivity index (χ2n) is 3.59. The van der Waals surface area contributed by atoms with Crippen LogP contribution in [0.3, 0.4) is 0 Å². The molecule has 0 spiro atoms. The Bertz CT molecular complexity index is 206. The van der Waals surface area contributed by atoms with Gasteiger partial charge in [0.25, 0.3) is 0 Å². The molecule has 0 saturated heterocycles. The summed E-state index contributed by atoms with van der Waals surface area (Å²) in [7, 11) is 0. The minimum atomic E-state index is -0.819. The molecule has 0 unspecified atom stereocenters. The number of hydrogen-bond acceptors (Lipinski definition) is 5. The molecule has 0 aliphatic rings. The van der Waals surface area contributed by atoms with E-state index in [2.05, 4.69) is 9.99 Å². The minimum Gasteiger partial charge on any atom is -0.427 e. The summed E-state index contributed by atoms with van der Waals surface area (Å²) in [5.74, 6) is 0. The van der Waals surface area contributed by atoms with Crippen LogP contribution in [0, 0.1) is 0 Å². The van der Waals surface area contributed by atoms with Crippen molar-refractivity contribution in [2.24, 2.45) is 10.9 Å². The number of ether oxygens (including phenoxy) is 1. The molecule has 0 bridgehead atoms. The standard InChI is InChI=1S/C8H16N2O3/c1-6(5-9)10-13-7(11)12-8(2,3)4/h5,9H2,1-4H3. The Labute approximate surface area is 77.9 Å². The summed E-state index contributed by atoms with van der Waals surface area (Å²) in [5, 5.41) is 3.44. The molecule has 76 valence electrons. The molecule has 0 heterocycles. The fourth-order valence-electron chi connectivity index (χ4n) is 0.421. The maximum atomic E-state index is 10.9. The molecule has 0 aromatic carbocycles. The van der Waals surface area contributed by atoms with Crippen molar-refractivity contribution >= 4 is 11.9 Å². The number of nitrogens with two attached hydrogens (primary N) is 1. The molecule has 13 heavy (non-hydrogen) atoms. The summed E-state index contributed by atoms with van der Waals surface area (Å²) < 4.78 is 4.82. The molecular formula is C8H16N2O3. The molecule has 0 aromatic rings. The average molecular weight is 188 g/mol. The van der Waals surface area contributed by atoms with Crippen molar-refractivity contribution in [3.05, 3.63) is 0 Å². The zero-order valence-corrected chi connectivity index (χ0v) is 8.46. The molecule has 0 aliphatic heterocycles. The van der Waals surface area contributed by atoms with Crippen LogP contribution in [0.25, 0.3) is 0 Å². The molecule has 0 atom stereocenters.